The van der Waals surface area contributed by atoms with Gasteiger partial charge >= 0.3 is 0 Å². The van der Waals surface area contributed by atoms with Crippen LogP contribution in [0.5, 0.6) is 0 Å². The van der Waals surface area contributed by atoms with E-state index in [1.54, 1.807) is 0 Å². The average Bonchev–Trinajstić information content (AvgIpc) is 3.13. The third kappa shape index (κ3) is 3.96. The summed E-state index contributed by atoms with van der Waals surface area (Å²) < 4.78 is 2.05. The Balaban J connectivity index is 1.44. The number of carbonyl (C=O) groups excluding carboxylic acids is 1. The van der Waals surface area contributed by atoms with Gasteiger partial charge in [-0.1, -0.05) is 24.3 Å². The van der Waals surface area contributed by atoms with E-state index in [0.29, 0.717) is 5.25 Å². The number of thioether (sulfide) groups is 1. The van der Waals surface area contributed by atoms with Crippen molar-refractivity contribution in [2.45, 2.75) is 18.6 Å². The lowest BCUT2D eigenvalue weighted by molar-refractivity contribution is 0.0766. The molecule has 4 heteroatoms. The van der Waals surface area contributed by atoms with Crippen molar-refractivity contribution in [2.24, 2.45) is 0 Å². The molecule has 1 amide bonds. The second-order valence-corrected chi connectivity index (χ2v) is 8.24. The van der Waals surface area contributed by atoms with E-state index >= 15 is 0 Å². The van der Waals surface area contributed by atoms with Gasteiger partial charge in [0, 0.05) is 47.7 Å². The molecule has 27 heavy (non-hydrogen) atoms. The van der Waals surface area contributed by atoms with Crippen molar-refractivity contribution in [3.63, 3.8) is 0 Å². The molecule has 1 aromatic heterocycles. The second-order valence-electron chi connectivity index (χ2n) is 6.93. The molecule has 1 aliphatic rings. The zero-order valence-corrected chi connectivity index (χ0v) is 16.4. The molecule has 3 nitrogen and oxygen atoms in total. The number of hydrogen-bond donors (Lipinski definition) is 0. The Morgan fingerprint density at radius 1 is 0.963 bits per heavy atom. The normalized spacial score (nSPS) is 17.5. The summed E-state index contributed by atoms with van der Waals surface area (Å²) in [5.41, 5.74) is 4.59. The molecule has 0 aliphatic carbocycles. The van der Waals surface area contributed by atoms with E-state index in [4.69, 9.17) is 0 Å². The highest BCUT2D eigenvalue weighted by atomic mass is 32.2. The van der Waals surface area contributed by atoms with Gasteiger partial charge in [0.25, 0.3) is 5.91 Å². The van der Waals surface area contributed by atoms with Crippen LogP contribution < -0.4 is 0 Å². The van der Waals surface area contributed by atoms with Crippen LogP contribution in [0.4, 0.5) is 0 Å². The minimum Gasteiger partial charge on any atom is -0.338 e. The van der Waals surface area contributed by atoms with Gasteiger partial charge in [-0.05, 0) is 60.9 Å². The zero-order chi connectivity index (χ0) is 18.6. The van der Waals surface area contributed by atoms with E-state index in [0.717, 1.165) is 36.5 Å². The van der Waals surface area contributed by atoms with Gasteiger partial charge in [0.15, 0.2) is 0 Å². The van der Waals surface area contributed by atoms with Crippen molar-refractivity contribution in [2.75, 3.05) is 18.8 Å². The van der Waals surface area contributed by atoms with E-state index in [1.807, 2.05) is 70.0 Å². The number of carbonyl (C=O) groups is 1. The van der Waals surface area contributed by atoms with Crippen LogP contribution in [0.25, 0.3) is 5.69 Å². The second kappa shape index (κ2) is 8.05. The zero-order valence-electron chi connectivity index (χ0n) is 15.5. The van der Waals surface area contributed by atoms with Crippen LogP contribution in [0.2, 0.25) is 0 Å². The number of rotatable bonds is 3. The number of hydrogen-bond acceptors (Lipinski definition) is 2. The first-order chi connectivity index (χ1) is 13.2. The molecule has 0 bridgehead atoms. The minimum atomic E-state index is 0.139. The summed E-state index contributed by atoms with van der Waals surface area (Å²) in [4.78, 5) is 15.0. The van der Waals surface area contributed by atoms with E-state index in [-0.39, 0.29) is 5.91 Å². The average molecular weight is 377 g/mol. The van der Waals surface area contributed by atoms with Crippen molar-refractivity contribution in [3.05, 3.63) is 89.7 Å². The third-order valence-electron chi connectivity index (χ3n) is 5.18. The topological polar surface area (TPSA) is 25.2 Å². The van der Waals surface area contributed by atoms with Crippen molar-refractivity contribution >= 4 is 17.7 Å². The molecule has 1 atom stereocenters. The van der Waals surface area contributed by atoms with Gasteiger partial charge in [-0.3, -0.25) is 4.79 Å². The van der Waals surface area contributed by atoms with E-state index in [1.165, 1.54) is 11.1 Å². The summed E-state index contributed by atoms with van der Waals surface area (Å²) >= 11 is 1.97. The molecule has 1 saturated heterocycles. The maximum atomic E-state index is 13.0. The molecule has 3 aromatic rings. The highest BCUT2D eigenvalue weighted by Crippen LogP contribution is 2.36. The van der Waals surface area contributed by atoms with Crippen LogP contribution in [0.3, 0.4) is 0 Å². The summed E-state index contributed by atoms with van der Waals surface area (Å²) in [6.45, 7) is 3.80. The number of aryl methyl sites for hydroxylation is 1. The summed E-state index contributed by atoms with van der Waals surface area (Å²) in [6, 6.07) is 20.5. The maximum Gasteiger partial charge on any atom is 0.253 e. The van der Waals surface area contributed by atoms with Gasteiger partial charge in [0.1, 0.15) is 0 Å². The van der Waals surface area contributed by atoms with E-state index < -0.39 is 0 Å². The molecule has 1 unspecified atom stereocenters. The minimum absolute atomic E-state index is 0.139. The first-order valence-electron chi connectivity index (χ1n) is 9.42. The van der Waals surface area contributed by atoms with E-state index in [2.05, 4.69) is 31.2 Å². The van der Waals surface area contributed by atoms with Gasteiger partial charge in [-0.15, -0.1) is 0 Å². The highest BCUT2D eigenvalue weighted by Gasteiger charge is 2.23. The monoisotopic (exact) mass is 376 g/mol. The van der Waals surface area contributed by atoms with Crippen LogP contribution >= 0.6 is 11.8 Å². The van der Waals surface area contributed by atoms with Gasteiger partial charge in [-0.25, -0.2) is 0 Å². The molecule has 0 spiro atoms. The molecule has 0 saturated carbocycles. The molecule has 2 heterocycles. The molecule has 2 aromatic carbocycles. The molecule has 1 fully saturated rings. The van der Waals surface area contributed by atoms with Gasteiger partial charge in [-0.2, -0.15) is 11.8 Å². The highest BCUT2D eigenvalue weighted by molar-refractivity contribution is 7.99. The van der Waals surface area contributed by atoms with E-state index in [9.17, 15) is 4.79 Å². The Labute approximate surface area is 165 Å². The molecule has 138 valence electrons. The lowest BCUT2D eigenvalue weighted by Crippen LogP contribution is -2.32. The Morgan fingerprint density at radius 3 is 2.44 bits per heavy atom. The van der Waals surface area contributed by atoms with Crippen molar-refractivity contribution in [1.29, 1.82) is 0 Å². The number of amides is 1. The number of nitrogens with zero attached hydrogens (tertiary/aromatic N) is 2. The van der Waals surface area contributed by atoms with Gasteiger partial charge in [0.05, 0.1) is 0 Å². The Hall–Kier alpha value is -2.46. The number of benzene rings is 2. The summed E-state index contributed by atoms with van der Waals surface area (Å²) in [5, 5.41) is 0.472. The molecule has 1 aliphatic heterocycles. The smallest absolute Gasteiger partial charge is 0.253 e. The first kappa shape index (κ1) is 17.9. The third-order valence-corrected chi connectivity index (χ3v) is 6.49. The summed E-state index contributed by atoms with van der Waals surface area (Å²) in [7, 11) is 0. The lowest BCUT2D eigenvalue weighted by Gasteiger charge is -2.21. The standard InChI is InChI=1S/C23H24N2OS/c1-18-6-2-3-7-21(18)22-12-15-25(16-17-27-22)23(26)19-8-10-20(11-9-19)24-13-4-5-14-24/h2-11,13-14,22H,12,15-17H2,1H3. The lowest BCUT2D eigenvalue weighted by atomic mass is 10.0. The quantitative estimate of drug-likeness (QED) is 0.635. The van der Waals surface area contributed by atoms with Crippen LogP contribution in [0, 0.1) is 6.92 Å². The van der Waals surface area contributed by atoms with Crippen LogP contribution in [-0.4, -0.2) is 34.2 Å². The fourth-order valence-electron chi connectivity index (χ4n) is 3.64. The van der Waals surface area contributed by atoms with Crippen molar-refractivity contribution in [3.8, 4) is 5.69 Å². The largest absolute Gasteiger partial charge is 0.338 e. The van der Waals surface area contributed by atoms with Crippen LogP contribution in [0.1, 0.15) is 33.2 Å². The molecule has 0 radical (unpaired) electrons. The predicted octanol–water partition coefficient (Wildman–Crippen LogP) is 5.11. The fourth-order valence-corrected chi connectivity index (χ4v) is 4.96. The molecular weight excluding hydrogens is 352 g/mol. The summed E-state index contributed by atoms with van der Waals surface area (Å²) in [5.74, 6) is 1.12. The number of aromatic nitrogens is 1. The molecule has 4 rings (SSSR count). The predicted molar refractivity (Wildman–Crippen MR) is 113 cm³/mol. The van der Waals surface area contributed by atoms with Gasteiger partial charge in [0.2, 0.25) is 0 Å². The Morgan fingerprint density at radius 2 is 1.70 bits per heavy atom. The van der Waals surface area contributed by atoms with Crippen LogP contribution in [-0.2, 0) is 0 Å². The molecular formula is C23H24N2OS. The van der Waals surface area contributed by atoms with Crippen molar-refractivity contribution in [1.82, 2.24) is 9.47 Å². The Bertz CT molecular complexity index is 902. The van der Waals surface area contributed by atoms with Crippen molar-refractivity contribution < 1.29 is 4.79 Å². The van der Waals surface area contributed by atoms with Crippen LogP contribution in [0.15, 0.2) is 73.1 Å². The fraction of sp³-hybridized carbons (Fsp3) is 0.261. The van der Waals surface area contributed by atoms with Gasteiger partial charge < -0.3 is 9.47 Å². The summed E-state index contributed by atoms with van der Waals surface area (Å²) in [6.07, 6.45) is 5.02. The Kier molecular flexibility index (Phi) is 5.35. The first-order valence-corrected chi connectivity index (χ1v) is 10.5. The SMILES string of the molecule is Cc1ccccc1C1CCN(C(=O)c2ccc(-n3cccc3)cc2)CCS1. The molecule has 0 N–H and O–H groups in total. The maximum absolute atomic E-state index is 13.0.